The number of halogens is 2. The monoisotopic (exact) mass is 368 g/mol. The fourth-order valence-electron chi connectivity index (χ4n) is 2.80. The number of hydrogen-bond acceptors (Lipinski definition) is 4. The highest BCUT2D eigenvalue weighted by molar-refractivity contribution is 6.30. The number of rotatable bonds is 6. The van der Waals surface area contributed by atoms with E-state index >= 15 is 0 Å². The first-order valence-corrected chi connectivity index (χ1v) is 8.86. The predicted octanol–water partition coefficient (Wildman–Crippen LogP) is 1.31. The van der Waals surface area contributed by atoms with Crippen molar-refractivity contribution >= 4 is 29.1 Å². The quantitative estimate of drug-likeness (QED) is 0.794. The third kappa shape index (κ3) is 5.66. The van der Waals surface area contributed by atoms with Crippen molar-refractivity contribution in [3.8, 4) is 0 Å². The van der Waals surface area contributed by atoms with Gasteiger partial charge >= 0.3 is 0 Å². The smallest absolute Gasteiger partial charge is 0.238 e. The van der Waals surface area contributed by atoms with Gasteiger partial charge in [0.15, 0.2) is 0 Å². The fraction of sp³-hybridized carbons (Fsp3) is 0.529. The van der Waals surface area contributed by atoms with Crippen LogP contribution in [0, 0.1) is 5.82 Å². The average molecular weight is 369 g/mol. The van der Waals surface area contributed by atoms with Gasteiger partial charge in [0.1, 0.15) is 5.82 Å². The minimum Gasteiger partial charge on any atom is -0.352 e. The molecule has 0 unspecified atom stereocenters. The number of nitrogens with one attached hydrogen (secondary N) is 2. The molecular formula is C17H22ClFN4O2. The number of piperazine rings is 1. The molecule has 0 spiro atoms. The highest BCUT2D eigenvalue weighted by Gasteiger charge is 2.25. The van der Waals surface area contributed by atoms with Gasteiger partial charge in [-0.15, -0.1) is 0 Å². The molecule has 1 aromatic rings. The lowest BCUT2D eigenvalue weighted by molar-refractivity contribution is -0.123. The number of hydrogen-bond donors (Lipinski definition) is 2. The summed E-state index contributed by atoms with van der Waals surface area (Å²) in [5.41, 5.74) is 0.0906. The van der Waals surface area contributed by atoms with Crippen LogP contribution in [0.25, 0.3) is 0 Å². The van der Waals surface area contributed by atoms with Crippen LogP contribution in [-0.2, 0) is 9.59 Å². The molecule has 0 aromatic heterocycles. The highest BCUT2D eigenvalue weighted by Crippen LogP contribution is 2.20. The zero-order valence-electron chi connectivity index (χ0n) is 13.9. The zero-order chi connectivity index (χ0) is 17.8. The molecule has 3 rings (SSSR count). The van der Waals surface area contributed by atoms with E-state index in [0.717, 1.165) is 25.9 Å². The zero-order valence-corrected chi connectivity index (χ0v) is 14.7. The van der Waals surface area contributed by atoms with Gasteiger partial charge in [-0.25, -0.2) is 4.39 Å². The van der Waals surface area contributed by atoms with E-state index in [0.29, 0.717) is 30.7 Å². The first-order chi connectivity index (χ1) is 12.0. The largest absolute Gasteiger partial charge is 0.352 e. The van der Waals surface area contributed by atoms with Gasteiger partial charge in [-0.2, -0.15) is 0 Å². The minimum atomic E-state index is -0.510. The van der Waals surface area contributed by atoms with Crippen LogP contribution in [0.15, 0.2) is 18.2 Å². The Bertz CT molecular complexity index is 646. The summed E-state index contributed by atoms with van der Waals surface area (Å²) in [6, 6.07) is 4.43. The Morgan fingerprint density at radius 3 is 2.28 bits per heavy atom. The Kier molecular flexibility index (Phi) is 5.88. The Labute approximate surface area is 151 Å². The van der Waals surface area contributed by atoms with Crippen LogP contribution in [0.5, 0.6) is 0 Å². The van der Waals surface area contributed by atoms with Crippen molar-refractivity contribution in [1.82, 2.24) is 15.1 Å². The molecule has 1 aromatic carbocycles. The Hall–Kier alpha value is -1.70. The molecular weight excluding hydrogens is 347 g/mol. The van der Waals surface area contributed by atoms with E-state index in [9.17, 15) is 14.0 Å². The summed E-state index contributed by atoms with van der Waals surface area (Å²) < 4.78 is 13.6. The molecule has 2 fully saturated rings. The van der Waals surface area contributed by atoms with Crippen LogP contribution in [0.3, 0.4) is 0 Å². The third-order valence-electron chi connectivity index (χ3n) is 4.34. The number of amides is 2. The van der Waals surface area contributed by atoms with Crippen molar-refractivity contribution in [2.45, 2.75) is 18.9 Å². The van der Waals surface area contributed by atoms with E-state index in [4.69, 9.17) is 11.6 Å². The molecule has 6 nitrogen and oxygen atoms in total. The van der Waals surface area contributed by atoms with E-state index in [2.05, 4.69) is 15.5 Å². The lowest BCUT2D eigenvalue weighted by Crippen LogP contribution is -2.51. The second kappa shape index (κ2) is 8.12. The summed E-state index contributed by atoms with van der Waals surface area (Å²) in [5, 5.41) is 5.90. The van der Waals surface area contributed by atoms with Crippen LogP contribution in [-0.4, -0.2) is 66.9 Å². The second-order valence-electron chi connectivity index (χ2n) is 6.57. The molecule has 2 amide bonds. The molecule has 1 aliphatic heterocycles. The lowest BCUT2D eigenvalue weighted by Gasteiger charge is -2.33. The van der Waals surface area contributed by atoms with Crippen molar-refractivity contribution in [3.05, 3.63) is 29.0 Å². The Morgan fingerprint density at radius 2 is 1.68 bits per heavy atom. The van der Waals surface area contributed by atoms with E-state index in [1.54, 1.807) is 0 Å². The maximum atomic E-state index is 13.6. The first kappa shape index (κ1) is 18.1. The molecule has 1 aliphatic carbocycles. The number of carbonyl (C=O) groups excluding carboxylic acids is 2. The summed E-state index contributed by atoms with van der Waals surface area (Å²) in [6.07, 6.45) is 2.17. The number of carbonyl (C=O) groups is 2. The maximum absolute atomic E-state index is 13.6. The van der Waals surface area contributed by atoms with E-state index in [1.165, 1.54) is 18.2 Å². The van der Waals surface area contributed by atoms with Crippen molar-refractivity contribution in [1.29, 1.82) is 0 Å². The molecule has 0 atom stereocenters. The molecule has 0 bridgehead atoms. The molecule has 8 heteroatoms. The molecule has 2 N–H and O–H groups in total. The number of anilines is 1. The van der Waals surface area contributed by atoms with Crippen molar-refractivity contribution in [2.24, 2.45) is 0 Å². The fourth-order valence-corrected chi connectivity index (χ4v) is 2.97. The summed E-state index contributed by atoms with van der Waals surface area (Å²) in [4.78, 5) is 28.0. The molecule has 1 saturated heterocycles. The van der Waals surface area contributed by atoms with Gasteiger partial charge in [0.2, 0.25) is 11.8 Å². The van der Waals surface area contributed by atoms with Gasteiger partial charge in [0, 0.05) is 37.2 Å². The van der Waals surface area contributed by atoms with Gasteiger partial charge in [-0.1, -0.05) is 11.6 Å². The number of benzene rings is 1. The maximum Gasteiger partial charge on any atom is 0.238 e. The van der Waals surface area contributed by atoms with Crippen LogP contribution in [0.2, 0.25) is 5.02 Å². The van der Waals surface area contributed by atoms with Gasteiger partial charge in [-0.05, 0) is 31.0 Å². The second-order valence-corrected chi connectivity index (χ2v) is 7.00. The molecule has 136 valence electrons. The molecule has 1 heterocycles. The minimum absolute atomic E-state index is 0.0742. The van der Waals surface area contributed by atoms with E-state index in [1.807, 2.05) is 4.90 Å². The normalized spacial score (nSPS) is 18.8. The van der Waals surface area contributed by atoms with Crippen LogP contribution in [0.1, 0.15) is 12.8 Å². The van der Waals surface area contributed by atoms with Gasteiger partial charge < -0.3 is 10.6 Å². The van der Waals surface area contributed by atoms with Gasteiger partial charge in [0.25, 0.3) is 0 Å². The summed E-state index contributed by atoms with van der Waals surface area (Å²) in [6.45, 7) is 3.45. The van der Waals surface area contributed by atoms with Crippen LogP contribution >= 0.6 is 11.6 Å². The van der Waals surface area contributed by atoms with Crippen LogP contribution < -0.4 is 10.6 Å². The molecule has 2 aliphatic rings. The first-order valence-electron chi connectivity index (χ1n) is 8.48. The summed E-state index contributed by atoms with van der Waals surface area (Å²) in [5.74, 6) is -0.713. The van der Waals surface area contributed by atoms with Crippen molar-refractivity contribution in [2.75, 3.05) is 44.6 Å². The van der Waals surface area contributed by atoms with Crippen LogP contribution in [0.4, 0.5) is 10.1 Å². The van der Waals surface area contributed by atoms with Crippen molar-refractivity contribution < 1.29 is 14.0 Å². The highest BCUT2D eigenvalue weighted by atomic mass is 35.5. The predicted molar refractivity (Wildman–Crippen MR) is 94.1 cm³/mol. The topological polar surface area (TPSA) is 64.7 Å². The Balaban J connectivity index is 1.40. The summed E-state index contributed by atoms with van der Waals surface area (Å²) >= 11 is 5.82. The summed E-state index contributed by atoms with van der Waals surface area (Å²) in [7, 11) is 0. The third-order valence-corrected chi connectivity index (χ3v) is 4.58. The SMILES string of the molecule is O=C(CN1CCN(CC(=O)NC2CC2)CC1)Nc1cc(Cl)ccc1F. The molecule has 1 saturated carbocycles. The van der Waals surface area contributed by atoms with E-state index < -0.39 is 5.82 Å². The van der Waals surface area contributed by atoms with Gasteiger partial charge in [0.05, 0.1) is 18.8 Å². The molecule has 25 heavy (non-hydrogen) atoms. The Morgan fingerprint density at radius 1 is 1.08 bits per heavy atom. The lowest BCUT2D eigenvalue weighted by atomic mass is 10.3. The average Bonchev–Trinajstić information content (AvgIpc) is 3.36. The van der Waals surface area contributed by atoms with E-state index in [-0.39, 0.29) is 24.0 Å². The van der Waals surface area contributed by atoms with Gasteiger partial charge in [-0.3, -0.25) is 19.4 Å². The van der Waals surface area contributed by atoms with Crippen molar-refractivity contribution in [3.63, 3.8) is 0 Å². The standard InChI is InChI=1S/C17H22ClFN4O2/c18-12-1-4-14(19)15(9-12)21-17(25)11-23-7-5-22(6-8-23)10-16(24)20-13-2-3-13/h1,4,9,13H,2-3,5-8,10-11H2,(H,20,24)(H,21,25). The number of nitrogens with zero attached hydrogens (tertiary/aromatic N) is 2. The molecule has 0 radical (unpaired) electrons.